The van der Waals surface area contributed by atoms with E-state index in [1.807, 2.05) is 0 Å². The number of benzene rings is 1. The van der Waals surface area contributed by atoms with Crippen molar-refractivity contribution in [2.75, 3.05) is 7.11 Å². The molecular weight excluding hydrogens is 274 g/mol. The topological polar surface area (TPSA) is 79.1 Å². The molecule has 18 heavy (non-hydrogen) atoms. The van der Waals surface area contributed by atoms with Gasteiger partial charge in [0.05, 0.1) is 5.56 Å². The van der Waals surface area contributed by atoms with Gasteiger partial charge in [-0.1, -0.05) is 17.3 Å². The van der Waals surface area contributed by atoms with Gasteiger partial charge in [-0.15, -0.1) is 0 Å². The van der Waals surface area contributed by atoms with E-state index in [0.29, 0.717) is 12.1 Å². The van der Waals surface area contributed by atoms with Crippen LogP contribution in [0.4, 0.5) is 13.2 Å². The average molecular weight is 283 g/mol. The monoisotopic (exact) mass is 283 g/mol. The Morgan fingerprint density at radius 2 is 1.83 bits per heavy atom. The maximum absolute atomic E-state index is 12.3. The third-order valence-corrected chi connectivity index (χ3v) is 3.46. The molecule has 2 N–H and O–H groups in total. The molecule has 0 aliphatic rings. The lowest BCUT2D eigenvalue weighted by atomic mass is 10.1. The van der Waals surface area contributed by atoms with Crippen molar-refractivity contribution in [3.8, 4) is 0 Å². The molecule has 0 amide bonds. The summed E-state index contributed by atoms with van der Waals surface area (Å²) in [5, 5.41) is 11.2. The molecular formula is C9H9F3NO4P. The molecule has 0 spiro atoms. The lowest BCUT2D eigenvalue weighted by Crippen LogP contribution is -2.07. The standard InChI is InChI=1S/C9H9F3NO4P/c1-17-18(15,16)8(13-14)6-2-4-7(5-3-6)9(10,11)12/h2-5,14H,1H3,(H,15,16)/b13-8+. The molecule has 1 unspecified atom stereocenters. The first-order valence-corrected chi connectivity index (χ1v) is 6.09. The molecule has 1 rings (SSSR count). The van der Waals surface area contributed by atoms with Gasteiger partial charge < -0.3 is 14.6 Å². The van der Waals surface area contributed by atoms with Crippen LogP contribution >= 0.6 is 7.60 Å². The fourth-order valence-corrected chi connectivity index (χ4v) is 1.93. The maximum Gasteiger partial charge on any atom is 0.416 e. The highest BCUT2D eigenvalue weighted by atomic mass is 31.2. The van der Waals surface area contributed by atoms with Crippen molar-refractivity contribution in [2.45, 2.75) is 6.18 Å². The molecule has 5 nitrogen and oxygen atoms in total. The fourth-order valence-electron chi connectivity index (χ4n) is 1.17. The number of alkyl halides is 3. The highest BCUT2D eigenvalue weighted by Crippen LogP contribution is 2.45. The largest absolute Gasteiger partial charge is 0.416 e. The summed E-state index contributed by atoms with van der Waals surface area (Å²) in [5.41, 5.74) is -1.79. The third-order valence-electron chi connectivity index (χ3n) is 2.08. The van der Waals surface area contributed by atoms with Crippen LogP contribution in [0.1, 0.15) is 11.1 Å². The lowest BCUT2D eigenvalue weighted by molar-refractivity contribution is -0.137. The van der Waals surface area contributed by atoms with E-state index >= 15 is 0 Å². The van der Waals surface area contributed by atoms with E-state index in [-0.39, 0.29) is 5.56 Å². The van der Waals surface area contributed by atoms with Crippen molar-refractivity contribution in [3.05, 3.63) is 35.4 Å². The number of nitrogens with zero attached hydrogens (tertiary/aromatic N) is 1. The molecule has 0 radical (unpaired) electrons. The summed E-state index contributed by atoms with van der Waals surface area (Å²) in [4.78, 5) is 9.29. The van der Waals surface area contributed by atoms with Gasteiger partial charge in [0.1, 0.15) is 0 Å². The molecule has 1 aromatic rings. The highest BCUT2D eigenvalue weighted by Gasteiger charge is 2.32. The van der Waals surface area contributed by atoms with Gasteiger partial charge in [-0.25, -0.2) is 0 Å². The number of hydrogen-bond acceptors (Lipinski definition) is 4. The van der Waals surface area contributed by atoms with Crippen molar-refractivity contribution in [3.63, 3.8) is 0 Å². The van der Waals surface area contributed by atoms with Gasteiger partial charge in [0.25, 0.3) is 0 Å². The molecule has 0 saturated carbocycles. The van der Waals surface area contributed by atoms with Gasteiger partial charge in [-0.2, -0.15) is 13.2 Å². The minimum atomic E-state index is -4.51. The van der Waals surface area contributed by atoms with Gasteiger partial charge in [-0.05, 0) is 12.1 Å². The summed E-state index contributed by atoms with van der Waals surface area (Å²) in [6.07, 6.45) is -4.51. The van der Waals surface area contributed by atoms with Crippen LogP contribution < -0.4 is 0 Å². The lowest BCUT2D eigenvalue weighted by Gasteiger charge is -2.11. The zero-order valence-electron chi connectivity index (χ0n) is 9.05. The smallest absolute Gasteiger partial charge is 0.410 e. The summed E-state index contributed by atoms with van der Waals surface area (Å²) in [7, 11) is -3.43. The van der Waals surface area contributed by atoms with E-state index in [1.165, 1.54) is 0 Å². The zero-order valence-corrected chi connectivity index (χ0v) is 9.94. The summed E-state index contributed by atoms with van der Waals surface area (Å²) in [5.74, 6) is 0. The first kappa shape index (κ1) is 14.7. The van der Waals surface area contributed by atoms with Gasteiger partial charge in [0, 0.05) is 12.7 Å². The van der Waals surface area contributed by atoms with E-state index in [1.54, 1.807) is 0 Å². The van der Waals surface area contributed by atoms with E-state index in [9.17, 15) is 22.6 Å². The number of oxime groups is 1. The summed E-state index contributed by atoms with van der Waals surface area (Å²) >= 11 is 0. The Bertz CT molecular complexity index is 498. The normalized spacial score (nSPS) is 16.4. The minimum absolute atomic E-state index is 0.141. The van der Waals surface area contributed by atoms with E-state index in [2.05, 4.69) is 9.68 Å². The van der Waals surface area contributed by atoms with E-state index in [0.717, 1.165) is 19.2 Å². The Kier molecular flexibility index (Phi) is 4.16. The van der Waals surface area contributed by atoms with Crippen LogP contribution in [0.25, 0.3) is 0 Å². The molecule has 0 heterocycles. The maximum atomic E-state index is 12.3. The Balaban J connectivity index is 3.16. The van der Waals surface area contributed by atoms with Crippen LogP contribution in [0.3, 0.4) is 0 Å². The van der Waals surface area contributed by atoms with Crippen molar-refractivity contribution in [1.29, 1.82) is 0 Å². The van der Waals surface area contributed by atoms with E-state index < -0.39 is 24.8 Å². The van der Waals surface area contributed by atoms with Crippen LogP contribution in [-0.4, -0.2) is 22.7 Å². The van der Waals surface area contributed by atoms with E-state index in [4.69, 9.17) is 5.21 Å². The van der Waals surface area contributed by atoms with Crippen LogP contribution in [0.2, 0.25) is 0 Å². The first-order chi connectivity index (χ1) is 8.22. The minimum Gasteiger partial charge on any atom is -0.410 e. The second-order valence-electron chi connectivity index (χ2n) is 3.20. The molecule has 0 aliphatic heterocycles. The van der Waals surface area contributed by atoms with Gasteiger partial charge >= 0.3 is 13.8 Å². The first-order valence-electron chi connectivity index (χ1n) is 4.51. The Morgan fingerprint density at radius 3 is 2.17 bits per heavy atom. The van der Waals surface area contributed by atoms with Gasteiger partial charge in [-0.3, -0.25) is 4.57 Å². The quantitative estimate of drug-likeness (QED) is 0.387. The molecule has 100 valence electrons. The Morgan fingerprint density at radius 1 is 1.33 bits per heavy atom. The van der Waals surface area contributed by atoms with Gasteiger partial charge in [0.15, 0.2) is 5.45 Å². The van der Waals surface area contributed by atoms with Crippen molar-refractivity contribution < 1.29 is 32.4 Å². The predicted molar refractivity (Wildman–Crippen MR) is 56.6 cm³/mol. The molecule has 1 atom stereocenters. The van der Waals surface area contributed by atoms with Crippen LogP contribution in [-0.2, 0) is 15.3 Å². The van der Waals surface area contributed by atoms with Crippen LogP contribution in [0.15, 0.2) is 29.4 Å². The second-order valence-corrected chi connectivity index (χ2v) is 5.03. The molecule has 0 aromatic heterocycles. The molecule has 0 bridgehead atoms. The van der Waals surface area contributed by atoms with Gasteiger partial charge in [0.2, 0.25) is 0 Å². The number of hydrogen-bond donors (Lipinski definition) is 2. The van der Waals surface area contributed by atoms with Crippen molar-refractivity contribution in [1.82, 2.24) is 0 Å². The SMILES string of the molecule is COP(=O)(O)/C(=N/O)c1ccc(C(F)(F)F)cc1. The Hall–Kier alpha value is -1.37. The zero-order chi connectivity index (χ0) is 14.0. The average Bonchev–Trinajstić information content (AvgIpc) is 2.29. The van der Waals surface area contributed by atoms with Crippen molar-refractivity contribution >= 4 is 13.0 Å². The fraction of sp³-hybridized carbons (Fsp3) is 0.222. The molecule has 0 fully saturated rings. The van der Waals surface area contributed by atoms with Crippen LogP contribution in [0, 0.1) is 0 Å². The molecule has 9 heteroatoms. The predicted octanol–water partition coefficient (Wildman–Crippen LogP) is 2.67. The van der Waals surface area contributed by atoms with Crippen LogP contribution in [0.5, 0.6) is 0 Å². The molecule has 0 aliphatic carbocycles. The summed E-state index contributed by atoms with van der Waals surface area (Å²) < 4.78 is 52.5. The Labute approximate surface area is 100 Å². The van der Waals surface area contributed by atoms with Crippen molar-refractivity contribution in [2.24, 2.45) is 5.16 Å². The summed E-state index contributed by atoms with van der Waals surface area (Å²) in [6.45, 7) is 0. The number of halogens is 3. The second kappa shape index (κ2) is 5.09. The summed E-state index contributed by atoms with van der Waals surface area (Å²) in [6, 6.07) is 3.24. The third kappa shape index (κ3) is 3.10. The highest BCUT2D eigenvalue weighted by molar-refractivity contribution is 7.72. The molecule has 0 saturated heterocycles. The number of rotatable bonds is 3. The molecule has 1 aromatic carbocycles.